The first-order chi connectivity index (χ1) is 20.6. The molecular formula is C33H48O8P2. The van der Waals surface area contributed by atoms with Gasteiger partial charge < -0.3 is 13.6 Å². The Balaban J connectivity index is 0.000000332. The second-order valence-corrected chi connectivity index (χ2v) is 13.1. The molecule has 0 atom stereocenters. The van der Waals surface area contributed by atoms with Gasteiger partial charge in [0.25, 0.3) is 0 Å². The van der Waals surface area contributed by atoms with Crippen LogP contribution in [0.1, 0.15) is 76.0 Å². The van der Waals surface area contributed by atoms with Crippen LogP contribution in [0.4, 0.5) is 0 Å². The molecule has 238 valence electrons. The Labute approximate surface area is 258 Å². The van der Waals surface area contributed by atoms with E-state index >= 15 is 0 Å². The number of unbranched alkanes of at least 4 members (excludes halogenated alkanes) is 3. The lowest BCUT2D eigenvalue weighted by atomic mass is 10.2. The Morgan fingerprint density at radius 3 is 1.00 bits per heavy atom. The van der Waals surface area contributed by atoms with Gasteiger partial charge in [-0.15, -0.1) is 0 Å². The molecule has 0 aliphatic carbocycles. The van der Waals surface area contributed by atoms with Crippen LogP contribution < -0.4 is 13.6 Å². The summed E-state index contributed by atoms with van der Waals surface area (Å²) in [6.07, 6.45) is 5.63. The molecule has 0 saturated carbocycles. The Hall–Kier alpha value is -2.60. The van der Waals surface area contributed by atoms with Gasteiger partial charge in [-0.2, -0.15) is 4.57 Å². The van der Waals surface area contributed by atoms with Crippen LogP contribution in [0.2, 0.25) is 0 Å². The molecule has 0 N–H and O–H groups in total. The van der Waals surface area contributed by atoms with E-state index in [2.05, 4.69) is 20.8 Å². The highest BCUT2D eigenvalue weighted by molar-refractivity contribution is 7.49. The fourth-order valence-corrected chi connectivity index (χ4v) is 6.20. The van der Waals surface area contributed by atoms with Crippen LogP contribution >= 0.6 is 15.6 Å². The highest BCUT2D eigenvalue weighted by atomic mass is 31.2. The molecule has 8 nitrogen and oxygen atoms in total. The number of phosphoric ester groups is 2. The van der Waals surface area contributed by atoms with Gasteiger partial charge in [0.2, 0.25) is 0 Å². The summed E-state index contributed by atoms with van der Waals surface area (Å²) in [6.45, 7) is 13.1. The zero-order valence-electron chi connectivity index (χ0n) is 26.5. The van der Waals surface area contributed by atoms with Crippen molar-refractivity contribution < 1.29 is 36.3 Å². The van der Waals surface area contributed by atoms with E-state index in [9.17, 15) is 9.13 Å². The number of phosphoric acid groups is 2. The van der Waals surface area contributed by atoms with Gasteiger partial charge in [-0.05, 0) is 74.9 Å². The molecule has 3 aromatic rings. The standard InChI is InChI=1S/C21H21O4P.C12H27O4P/c1-16-10-4-7-13-19(16)23-26(22,24-20-14-8-5-11-17(20)2)25-21-15-9-6-12-18(21)3;1-4-7-10-14-17(13,15-11-8-5-2)16-12-9-6-3/h4-15H,1-3H3;4-12H2,1-3H3. The van der Waals surface area contributed by atoms with Crippen LogP contribution in [0.15, 0.2) is 72.8 Å². The molecule has 3 rings (SSSR count). The summed E-state index contributed by atoms with van der Waals surface area (Å²) in [5.41, 5.74) is 2.53. The third-order valence-electron chi connectivity index (χ3n) is 6.15. The minimum atomic E-state index is -3.97. The van der Waals surface area contributed by atoms with E-state index in [0.29, 0.717) is 37.1 Å². The largest absolute Gasteiger partial charge is 0.647 e. The minimum Gasteiger partial charge on any atom is -0.386 e. The number of para-hydroxylation sites is 3. The minimum absolute atomic E-state index is 0.437. The molecule has 0 fully saturated rings. The zero-order valence-corrected chi connectivity index (χ0v) is 28.2. The van der Waals surface area contributed by atoms with E-state index in [-0.39, 0.29) is 0 Å². The third kappa shape index (κ3) is 13.7. The fraction of sp³-hybridized carbons (Fsp3) is 0.455. The maximum Gasteiger partial charge on any atom is 0.647 e. The van der Waals surface area contributed by atoms with Gasteiger partial charge in [0.15, 0.2) is 0 Å². The van der Waals surface area contributed by atoms with Crippen molar-refractivity contribution in [3.8, 4) is 17.2 Å². The maximum atomic E-state index is 13.5. The van der Waals surface area contributed by atoms with Crippen molar-refractivity contribution >= 4 is 15.6 Å². The van der Waals surface area contributed by atoms with Crippen molar-refractivity contribution in [3.05, 3.63) is 89.5 Å². The summed E-state index contributed by atoms with van der Waals surface area (Å²) in [5, 5.41) is 0. The SMILES string of the molecule is CCCCOP(=O)(OCCCC)OCCCC.Cc1ccccc1OP(=O)(Oc1ccccc1C)Oc1ccccc1C. The molecule has 0 radical (unpaired) electrons. The molecule has 10 heteroatoms. The highest BCUT2D eigenvalue weighted by Gasteiger charge is 2.34. The smallest absolute Gasteiger partial charge is 0.386 e. The van der Waals surface area contributed by atoms with E-state index in [4.69, 9.17) is 27.1 Å². The first-order valence-corrected chi connectivity index (χ1v) is 18.0. The Bertz CT molecular complexity index is 1160. The molecule has 3 aromatic carbocycles. The first-order valence-electron chi connectivity index (χ1n) is 15.0. The maximum absolute atomic E-state index is 13.5. The van der Waals surface area contributed by atoms with Crippen molar-refractivity contribution in [1.82, 2.24) is 0 Å². The normalized spacial score (nSPS) is 11.4. The quantitative estimate of drug-likeness (QED) is 0.101. The molecule has 0 heterocycles. The Morgan fingerprint density at radius 2 is 0.744 bits per heavy atom. The highest BCUT2D eigenvalue weighted by Crippen LogP contribution is 2.51. The van der Waals surface area contributed by atoms with E-state index in [1.54, 1.807) is 18.2 Å². The van der Waals surface area contributed by atoms with Crippen LogP contribution in [0.3, 0.4) is 0 Å². The molecule has 0 aromatic heterocycles. The van der Waals surface area contributed by atoms with Crippen LogP contribution in [0, 0.1) is 20.8 Å². The first kappa shape index (κ1) is 36.6. The van der Waals surface area contributed by atoms with E-state index in [0.717, 1.165) is 55.2 Å². The number of hydrogen-bond acceptors (Lipinski definition) is 8. The molecule has 0 amide bonds. The molecule has 0 unspecified atom stereocenters. The van der Waals surface area contributed by atoms with Gasteiger partial charge in [-0.25, -0.2) is 4.57 Å². The lowest BCUT2D eigenvalue weighted by Gasteiger charge is -2.21. The van der Waals surface area contributed by atoms with Gasteiger partial charge in [-0.3, -0.25) is 13.6 Å². The second kappa shape index (κ2) is 19.6. The van der Waals surface area contributed by atoms with Gasteiger partial charge in [0.05, 0.1) is 19.8 Å². The van der Waals surface area contributed by atoms with Crippen LogP contribution in [0.25, 0.3) is 0 Å². The molecule has 0 bridgehead atoms. The van der Waals surface area contributed by atoms with Gasteiger partial charge >= 0.3 is 15.6 Å². The molecule has 43 heavy (non-hydrogen) atoms. The summed E-state index contributed by atoms with van der Waals surface area (Å²) >= 11 is 0. The lowest BCUT2D eigenvalue weighted by Crippen LogP contribution is -2.09. The predicted octanol–water partition coefficient (Wildman–Crippen LogP) is 10.8. The molecule has 0 saturated heterocycles. The van der Waals surface area contributed by atoms with Crippen molar-refractivity contribution in [2.45, 2.75) is 80.1 Å². The number of aryl methyl sites for hydroxylation is 3. The van der Waals surface area contributed by atoms with Gasteiger partial charge in [0, 0.05) is 0 Å². The van der Waals surface area contributed by atoms with Crippen LogP contribution in [-0.4, -0.2) is 19.8 Å². The Kier molecular flexibility index (Phi) is 16.7. The third-order valence-corrected chi connectivity index (χ3v) is 8.91. The Morgan fingerprint density at radius 1 is 0.465 bits per heavy atom. The van der Waals surface area contributed by atoms with E-state index in [1.807, 2.05) is 75.4 Å². The summed E-state index contributed by atoms with van der Waals surface area (Å²) in [4.78, 5) is 0. The number of hydrogen-bond donors (Lipinski definition) is 0. The van der Waals surface area contributed by atoms with E-state index in [1.165, 1.54) is 0 Å². The molecule has 0 aliphatic rings. The molecule has 0 aliphatic heterocycles. The summed E-state index contributed by atoms with van der Waals surface area (Å²) in [6, 6.07) is 22.0. The van der Waals surface area contributed by atoms with Crippen molar-refractivity contribution in [2.24, 2.45) is 0 Å². The van der Waals surface area contributed by atoms with Crippen LogP contribution in [-0.2, 0) is 22.7 Å². The van der Waals surface area contributed by atoms with E-state index < -0.39 is 15.6 Å². The summed E-state index contributed by atoms with van der Waals surface area (Å²) < 4.78 is 58.8. The monoisotopic (exact) mass is 634 g/mol. The van der Waals surface area contributed by atoms with Gasteiger partial charge in [0.1, 0.15) is 17.2 Å². The fourth-order valence-electron chi connectivity index (χ4n) is 3.47. The average molecular weight is 635 g/mol. The van der Waals surface area contributed by atoms with Gasteiger partial charge in [-0.1, -0.05) is 94.6 Å². The van der Waals surface area contributed by atoms with Crippen LogP contribution in [0.5, 0.6) is 17.2 Å². The van der Waals surface area contributed by atoms with Crippen molar-refractivity contribution in [2.75, 3.05) is 19.8 Å². The zero-order chi connectivity index (χ0) is 31.6. The average Bonchev–Trinajstić information content (AvgIpc) is 2.98. The predicted molar refractivity (Wildman–Crippen MR) is 173 cm³/mol. The number of rotatable bonds is 18. The van der Waals surface area contributed by atoms with Crippen molar-refractivity contribution in [3.63, 3.8) is 0 Å². The summed E-state index contributed by atoms with van der Waals surface area (Å²) in [5.74, 6) is 1.37. The molecule has 0 spiro atoms. The number of benzene rings is 3. The van der Waals surface area contributed by atoms with Crippen molar-refractivity contribution in [1.29, 1.82) is 0 Å². The topological polar surface area (TPSA) is 89.5 Å². The molecular weight excluding hydrogens is 586 g/mol. The second-order valence-electron chi connectivity index (χ2n) is 10.0. The summed E-state index contributed by atoms with van der Waals surface area (Å²) in [7, 11) is -7.27. The lowest BCUT2D eigenvalue weighted by molar-refractivity contribution is 0.110.